The molecule has 0 rings (SSSR count). The van der Waals surface area contributed by atoms with Crippen LogP contribution in [0.1, 0.15) is 175 Å². The summed E-state index contributed by atoms with van der Waals surface area (Å²) < 4.78 is 0. The van der Waals surface area contributed by atoms with Crippen molar-refractivity contribution >= 4 is 17.7 Å². The second-order valence-corrected chi connectivity index (χ2v) is 10.7. The first-order valence-electron chi connectivity index (χ1n) is 15.9. The van der Waals surface area contributed by atoms with E-state index in [-0.39, 0.29) is 17.7 Å². The third-order valence-electron chi connectivity index (χ3n) is 7.24. The van der Waals surface area contributed by atoms with Gasteiger partial charge in [0.1, 0.15) is 0 Å². The molecule has 0 radical (unpaired) electrons. The summed E-state index contributed by atoms with van der Waals surface area (Å²) in [6.45, 7) is 7.61. The van der Waals surface area contributed by atoms with Gasteiger partial charge in [0.05, 0.1) is 0 Å². The lowest BCUT2D eigenvalue weighted by Gasteiger charge is -2.35. The molecule has 0 unspecified atom stereocenters. The molecule has 6 heteroatoms. The number of nitrogens with one attached hydrogen (secondary N) is 3. The van der Waals surface area contributed by atoms with E-state index in [1.807, 2.05) is 6.92 Å². The van der Waals surface area contributed by atoms with Crippen molar-refractivity contribution in [3.63, 3.8) is 0 Å². The van der Waals surface area contributed by atoms with E-state index in [1.165, 1.54) is 103 Å². The first-order chi connectivity index (χ1) is 17.9. The van der Waals surface area contributed by atoms with E-state index in [9.17, 15) is 14.4 Å². The molecule has 3 amide bonds. The normalized spacial score (nSPS) is 11.4. The van der Waals surface area contributed by atoms with Crippen molar-refractivity contribution in [3.8, 4) is 0 Å². The van der Waals surface area contributed by atoms with E-state index < -0.39 is 5.79 Å². The third-order valence-corrected chi connectivity index (χ3v) is 7.24. The fourth-order valence-electron chi connectivity index (χ4n) is 4.68. The lowest BCUT2D eigenvalue weighted by Crippen LogP contribution is -2.69. The Hall–Kier alpha value is -1.59. The van der Waals surface area contributed by atoms with Crippen LogP contribution in [0, 0.1) is 0 Å². The van der Waals surface area contributed by atoms with Crippen LogP contribution in [0.2, 0.25) is 0 Å². The Labute approximate surface area is 229 Å². The molecule has 0 heterocycles. The van der Waals surface area contributed by atoms with Crippen molar-refractivity contribution in [2.24, 2.45) is 0 Å². The van der Waals surface area contributed by atoms with Crippen LogP contribution in [-0.4, -0.2) is 23.5 Å². The van der Waals surface area contributed by atoms with E-state index in [1.54, 1.807) is 13.8 Å². The summed E-state index contributed by atoms with van der Waals surface area (Å²) >= 11 is 0. The minimum absolute atomic E-state index is 0.137. The van der Waals surface area contributed by atoms with Crippen molar-refractivity contribution in [2.45, 2.75) is 181 Å². The summed E-state index contributed by atoms with van der Waals surface area (Å²) in [6, 6.07) is 0. The second-order valence-electron chi connectivity index (χ2n) is 10.7. The maximum atomic E-state index is 12.5. The fraction of sp³-hybridized carbons (Fsp3) is 0.903. The number of hydrogen-bond donors (Lipinski definition) is 3. The van der Waals surface area contributed by atoms with Gasteiger partial charge in [0.25, 0.3) is 0 Å². The highest BCUT2D eigenvalue weighted by molar-refractivity contribution is 5.83. The van der Waals surface area contributed by atoms with Crippen LogP contribution in [0.25, 0.3) is 0 Å². The van der Waals surface area contributed by atoms with Gasteiger partial charge in [-0.15, -0.1) is 0 Å². The maximum absolute atomic E-state index is 12.5. The van der Waals surface area contributed by atoms with Crippen molar-refractivity contribution < 1.29 is 14.4 Å². The van der Waals surface area contributed by atoms with Crippen molar-refractivity contribution in [1.82, 2.24) is 16.0 Å². The van der Waals surface area contributed by atoms with Crippen LogP contribution < -0.4 is 16.0 Å². The summed E-state index contributed by atoms with van der Waals surface area (Å²) in [4.78, 5) is 36.5. The number of hydrogen-bond acceptors (Lipinski definition) is 3. The molecule has 0 aliphatic carbocycles. The third kappa shape index (κ3) is 21.1. The van der Waals surface area contributed by atoms with E-state index in [4.69, 9.17) is 0 Å². The highest BCUT2D eigenvalue weighted by Crippen LogP contribution is 2.15. The molecule has 6 nitrogen and oxygen atoms in total. The number of unbranched alkanes of at least 4 members (excludes halogenated alkanes) is 18. The molecular weight excluding hydrogens is 462 g/mol. The Morgan fingerprint density at radius 3 is 1.03 bits per heavy atom. The second kappa shape index (κ2) is 24.7. The zero-order chi connectivity index (χ0) is 27.6. The molecule has 3 N–H and O–H groups in total. The van der Waals surface area contributed by atoms with Crippen molar-refractivity contribution in [1.29, 1.82) is 0 Å². The predicted molar refractivity (Wildman–Crippen MR) is 156 cm³/mol. The summed E-state index contributed by atoms with van der Waals surface area (Å²) in [5, 5.41) is 8.44. The van der Waals surface area contributed by atoms with Gasteiger partial charge in [-0.05, 0) is 6.42 Å². The first kappa shape index (κ1) is 35.4. The number of carbonyl (C=O) groups is 3. The Bertz CT molecular complexity index is 562. The molecule has 0 aromatic heterocycles. The Balaban J connectivity index is 3.73. The van der Waals surface area contributed by atoms with Crippen LogP contribution in [0.4, 0.5) is 0 Å². The van der Waals surface area contributed by atoms with E-state index >= 15 is 0 Å². The van der Waals surface area contributed by atoms with E-state index in [0.717, 1.165) is 19.3 Å². The minimum atomic E-state index is -1.20. The quantitative estimate of drug-likeness (QED) is 0.0792. The van der Waals surface area contributed by atoms with Gasteiger partial charge < -0.3 is 16.0 Å². The molecule has 0 saturated heterocycles. The van der Waals surface area contributed by atoms with Crippen LogP contribution in [0.5, 0.6) is 0 Å². The highest BCUT2D eigenvalue weighted by atomic mass is 16.2. The number of amides is 3. The molecule has 0 saturated carbocycles. The van der Waals surface area contributed by atoms with Crippen LogP contribution in [-0.2, 0) is 14.4 Å². The van der Waals surface area contributed by atoms with Gasteiger partial charge in [0, 0.05) is 25.7 Å². The van der Waals surface area contributed by atoms with E-state index in [2.05, 4.69) is 22.9 Å². The average molecular weight is 524 g/mol. The van der Waals surface area contributed by atoms with Gasteiger partial charge >= 0.3 is 0 Å². The maximum Gasteiger partial charge on any atom is 0.223 e. The summed E-state index contributed by atoms with van der Waals surface area (Å²) in [5.41, 5.74) is 0. The number of carbonyl (C=O) groups excluding carboxylic acids is 3. The lowest BCUT2D eigenvalue weighted by atomic mass is 10.0. The van der Waals surface area contributed by atoms with Crippen LogP contribution >= 0.6 is 0 Å². The molecule has 37 heavy (non-hydrogen) atoms. The lowest BCUT2D eigenvalue weighted by molar-refractivity contribution is -0.131. The molecular formula is C31H61N3O3. The largest absolute Gasteiger partial charge is 0.316 e. The smallest absolute Gasteiger partial charge is 0.223 e. The monoisotopic (exact) mass is 523 g/mol. The summed E-state index contributed by atoms with van der Waals surface area (Å²) in [6.07, 6.45) is 26.5. The number of rotatable bonds is 26. The molecule has 0 atom stereocenters. The summed E-state index contributed by atoms with van der Waals surface area (Å²) in [7, 11) is 0. The predicted octanol–water partition coefficient (Wildman–Crippen LogP) is 8.04. The van der Waals surface area contributed by atoms with Crippen LogP contribution in [0.3, 0.4) is 0 Å². The highest BCUT2D eigenvalue weighted by Gasteiger charge is 2.32. The van der Waals surface area contributed by atoms with Gasteiger partial charge in [-0.2, -0.15) is 0 Å². The Morgan fingerprint density at radius 2 is 0.730 bits per heavy atom. The van der Waals surface area contributed by atoms with E-state index in [0.29, 0.717) is 25.7 Å². The van der Waals surface area contributed by atoms with Gasteiger partial charge in [0.2, 0.25) is 17.7 Å². The zero-order valence-corrected chi connectivity index (χ0v) is 25.0. The fourth-order valence-corrected chi connectivity index (χ4v) is 4.68. The topological polar surface area (TPSA) is 87.3 Å². The van der Waals surface area contributed by atoms with Gasteiger partial charge in [-0.25, -0.2) is 0 Å². The average Bonchev–Trinajstić information content (AvgIpc) is 2.89. The molecule has 0 aromatic carbocycles. The minimum Gasteiger partial charge on any atom is -0.316 e. The Morgan fingerprint density at radius 1 is 0.432 bits per heavy atom. The Kier molecular flexibility index (Phi) is 23.7. The van der Waals surface area contributed by atoms with Crippen molar-refractivity contribution in [3.05, 3.63) is 0 Å². The van der Waals surface area contributed by atoms with Gasteiger partial charge in [-0.3, -0.25) is 14.4 Å². The molecule has 0 aromatic rings. The molecule has 0 spiro atoms. The molecule has 0 fully saturated rings. The van der Waals surface area contributed by atoms with Gasteiger partial charge in [-0.1, -0.05) is 143 Å². The molecule has 218 valence electrons. The molecule has 0 aliphatic heterocycles. The zero-order valence-electron chi connectivity index (χ0n) is 25.0. The van der Waals surface area contributed by atoms with Gasteiger partial charge in [0.15, 0.2) is 5.79 Å². The van der Waals surface area contributed by atoms with Crippen LogP contribution in [0.15, 0.2) is 0 Å². The SMILES string of the molecule is CCCCCCCCCCCCCCCCCCCCCC(=O)NC(CC)(NC(=O)CC)NC(=O)CC. The molecule has 0 aliphatic rings. The standard InChI is InChI=1S/C31H61N3O3/c1-5-9-10-11-12-13-14-15-16-17-18-19-20-21-22-23-24-25-26-27-30(37)34-31(8-4,32-28(35)6-2)33-29(36)7-3/h5-27H2,1-4H3,(H,32,35)(H,33,36)(H,34,37). The molecule has 0 bridgehead atoms. The van der Waals surface area contributed by atoms with Crippen molar-refractivity contribution in [2.75, 3.05) is 0 Å². The first-order valence-corrected chi connectivity index (χ1v) is 15.9. The summed E-state index contributed by atoms with van der Waals surface area (Å²) in [5.74, 6) is -1.75.